The minimum Gasteiger partial charge on any atom is -0.399 e. The number of halogens is 1. The molecule has 3 heterocycles. The van der Waals surface area contributed by atoms with E-state index in [0.29, 0.717) is 5.95 Å². The number of nitrogens with zero attached hydrogens (tertiary/aromatic N) is 5. The monoisotopic (exact) mass is 385 g/mol. The number of aromatic nitrogens is 4. The van der Waals surface area contributed by atoms with Gasteiger partial charge >= 0.3 is 0 Å². The summed E-state index contributed by atoms with van der Waals surface area (Å²) in [6.07, 6.45) is 6.22. The van der Waals surface area contributed by atoms with E-state index >= 15 is 0 Å². The van der Waals surface area contributed by atoms with E-state index in [9.17, 15) is 0 Å². The molecule has 8 heteroatoms. The number of nitrogen functional groups attached to an aromatic ring is 1. The number of anilines is 3. The lowest BCUT2D eigenvalue weighted by Gasteiger charge is -2.19. The number of benzene rings is 1. The molecule has 0 saturated carbocycles. The summed E-state index contributed by atoms with van der Waals surface area (Å²) in [4.78, 5) is 10.8. The maximum atomic E-state index is 5.86. The van der Waals surface area contributed by atoms with Crippen LogP contribution in [0.25, 0.3) is 10.8 Å². The third-order valence-electron chi connectivity index (χ3n) is 4.11. The molecule has 122 valence electrons. The normalized spacial score (nSPS) is 17.4. The first-order chi connectivity index (χ1) is 11.7. The molecule has 1 aliphatic rings. The standard InChI is InChI=1S/C16H16BrN7/c17-11-7-19-16(20-8-11)22-13-3-4-24(9-13)15-14-2-1-12(18)5-10(14)6-21-23-15/h1-2,5-8,13H,3-4,9,18H2,(H,19,20,22)/t13-/m1/s1. The smallest absolute Gasteiger partial charge is 0.222 e. The largest absolute Gasteiger partial charge is 0.399 e. The van der Waals surface area contributed by atoms with Gasteiger partial charge in [-0.25, -0.2) is 9.97 Å². The summed E-state index contributed by atoms with van der Waals surface area (Å²) < 4.78 is 0.867. The zero-order valence-electron chi connectivity index (χ0n) is 12.9. The summed E-state index contributed by atoms with van der Waals surface area (Å²) in [7, 11) is 0. The van der Waals surface area contributed by atoms with Crippen molar-refractivity contribution in [1.82, 2.24) is 20.2 Å². The molecule has 1 aliphatic heterocycles. The van der Waals surface area contributed by atoms with Crippen molar-refractivity contribution in [2.24, 2.45) is 0 Å². The first kappa shape index (κ1) is 15.1. The van der Waals surface area contributed by atoms with Crippen LogP contribution in [0.2, 0.25) is 0 Å². The van der Waals surface area contributed by atoms with Crippen molar-refractivity contribution in [2.45, 2.75) is 12.5 Å². The van der Waals surface area contributed by atoms with Crippen molar-refractivity contribution in [3.05, 3.63) is 41.3 Å². The van der Waals surface area contributed by atoms with Crippen LogP contribution in [-0.4, -0.2) is 39.3 Å². The summed E-state index contributed by atoms with van der Waals surface area (Å²) in [5.41, 5.74) is 6.59. The lowest BCUT2D eigenvalue weighted by molar-refractivity contribution is 0.790. The van der Waals surface area contributed by atoms with E-state index < -0.39 is 0 Å². The van der Waals surface area contributed by atoms with E-state index in [1.807, 2.05) is 18.2 Å². The molecule has 0 aliphatic carbocycles. The average Bonchev–Trinajstić information content (AvgIpc) is 3.04. The molecule has 2 aromatic heterocycles. The minimum atomic E-state index is 0.275. The van der Waals surface area contributed by atoms with Gasteiger partial charge in [0, 0.05) is 48.0 Å². The Hall–Kier alpha value is -2.48. The first-order valence-electron chi connectivity index (χ1n) is 7.69. The lowest BCUT2D eigenvalue weighted by Crippen LogP contribution is -2.27. The molecule has 1 aromatic carbocycles. The number of hydrogen-bond donors (Lipinski definition) is 2. The van der Waals surface area contributed by atoms with Crippen LogP contribution in [0.3, 0.4) is 0 Å². The van der Waals surface area contributed by atoms with Crippen molar-refractivity contribution in [3.8, 4) is 0 Å². The van der Waals surface area contributed by atoms with Gasteiger partial charge in [-0.1, -0.05) is 0 Å². The van der Waals surface area contributed by atoms with Crippen LogP contribution in [0.4, 0.5) is 17.5 Å². The SMILES string of the molecule is Nc1ccc2c(N3CC[C@@H](Nc4ncc(Br)cn4)C3)nncc2c1. The number of nitrogens with one attached hydrogen (secondary N) is 1. The van der Waals surface area contributed by atoms with E-state index in [4.69, 9.17) is 5.73 Å². The summed E-state index contributed by atoms with van der Waals surface area (Å²) in [5, 5.41) is 13.9. The van der Waals surface area contributed by atoms with Gasteiger partial charge in [-0.3, -0.25) is 0 Å². The molecule has 3 N–H and O–H groups in total. The fraction of sp³-hybridized carbons (Fsp3) is 0.250. The Morgan fingerprint density at radius 3 is 2.88 bits per heavy atom. The maximum Gasteiger partial charge on any atom is 0.222 e. The summed E-state index contributed by atoms with van der Waals surface area (Å²) in [6.45, 7) is 1.74. The second-order valence-corrected chi connectivity index (χ2v) is 6.73. The van der Waals surface area contributed by atoms with Gasteiger partial charge in [0.05, 0.1) is 10.7 Å². The Kier molecular flexibility index (Phi) is 3.89. The van der Waals surface area contributed by atoms with Crippen LogP contribution in [0.1, 0.15) is 6.42 Å². The molecule has 0 radical (unpaired) electrons. The highest BCUT2D eigenvalue weighted by atomic mass is 79.9. The van der Waals surface area contributed by atoms with Crippen molar-refractivity contribution in [3.63, 3.8) is 0 Å². The topological polar surface area (TPSA) is 92.8 Å². The highest BCUT2D eigenvalue weighted by molar-refractivity contribution is 9.10. The van der Waals surface area contributed by atoms with E-state index in [1.165, 1.54) is 0 Å². The maximum absolute atomic E-state index is 5.86. The van der Waals surface area contributed by atoms with Crippen molar-refractivity contribution in [1.29, 1.82) is 0 Å². The Labute approximate surface area is 147 Å². The van der Waals surface area contributed by atoms with Crippen molar-refractivity contribution in [2.75, 3.05) is 29.0 Å². The third-order valence-corrected chi connectivity index (χ3v) is 4.52. The highest BCUT2D eigenvalue weighted by Gasteiger charge is 2.25. The number of rotatable bonds is 3. The minimum absolute atomic E-state index is 0.275. The molecule has 4 rings (SSSR count). The van der Waals surface area contributed by atoms with Gasteiger partial charge < -0.3 is 16.0 Å². The fourth-order valence-corrected chi connectivity index (χ4v) is 3.17. The number of fused-ring (bicyclic) bond motifs is 1. The zero-order chi connectivity index (χ0) is 16.5. The van der Waals surface area contributed by atoms with Crippen LogP contribution in [0.15, 0.2) is 41.3 Å². The van der Waals surface area contributed by atoms with Gasteiger partial charge in [0.2, 0.25) is 5.95 Å². The molecule has 3 aromatic rings. The predicted octanol–water partition coefficient (Wildman–Crippen LogP) is 2.46. The molecule has 24 heavy (non-hydrogen) atoms. The lowest BCUT2D eigenvalue weighted by atomic mass is 10.1. The van der Waals surface area contributed by atoms with E-state index in [-0.39, 0.29) is 6.04 Å². The first-order valence-corrected chi connectivity index (χ1v) is 8.48. The molecular weight excluding hydrogens is 370 g/mol. The van der Waals surface area contributed by atoms with Gasteiger partial charge in [-0.05, 0) is 40.5 Å². The van der Waals surface area contributed by atoms with Crippen LogP contribution >= 0.6 is 15.9 Å². The molecular formula is C16H16BrN7. The van der Waals surface area contributed by atoms with Crippen LogP contribution < -0.4 is 16.0 Å². The van der Waals surface area contributed by atoms with E-state index in [0.717, 1.165) is 46.3 Å². The van der Waals surface area contributed by atoms with Crippen molar-refractivity contribution < 1.29 is 0 Å². The highest BCUT2D eigenvalue weighted by Crippen LogP contribution is 2.28. The Balaban J connectivity index is 1.53. The molecule has 1 saturated heterocycles. The zero-order valence-corrected chi connectivity index (χ0v) is 14.4. The summed E-state index contributed by atoms with van der Waals surface area (Å²) in [6, 6.07) is 6.11. The van der Waals surface area contributed by atoms with E-state index in [2.05, 4.69) is 46.3 Å². The number of nitrogens with two attached hydrogens (primary N) is 1. The number of hydrogen-bond acceptors (Lipinski definition) is 7. The van der Waals surface area contributed by atoms with Crippen LogP contribution in [-0.2, 0) is 0 Å². The fourth-order valence-electron chi connectivity index (χ4n) is 2.96. The second-order valence-electron chi connectivity index (χ2n) is 5.82. The molecule has 1 atom stereocenters. The van der Waals surface area contributed by atoms with Gasteiger partial charge in [0.15, 0.2) is 5.82 Å². The second kappa shape index (κ2) is 6.20. The quantitative estimate of drug-likeness (QED) is 0.668. The molecule has 0 amide bonds. The third kappa shape index (κ3) is 2.96. The molecule has 1 fully saturated rings. The van der Waals surface area contributed by atoms with Crippen LogP contribution in [0, 0.1) is 0 Å². The Bertz CT molecular complexity index is 868. The van der Waals surface area contributed by atoms with E-state index in [1.54, 1.807) is 18.6 Å². The average molecular weight is 386 g/mol. The Morgan fingerprint density at radius 2 is 2.04 bits per heavy atom. The van der Waals surface area contributed by atoms with Gasteiger partial charge in [-0.15, -0.1) is 5.10 Å². The summed E-state index contributed by atoms with van der Waals surface area (Å²) in [5.74, 6) is 1.54. The molecule has 0 unspecified atom stereocenters. The molecule has 7 nitrogen and oxygen atoms in total. The van der Waals surface area contributed by atoms with Crippen LogP contribution in [0.5, 0.6) is 0 Å². The predicted molar refractivity (Wildman–Crippen MR) is 97.9 cm³/mol. The molecule has 0 bridgehead atoms. The van der Waals surface area contributed by atoms with Gasteiger partial charge in [0.1, 0.15) is 0 Å². The Morgan fingerprint density at radius 1 is 1.21 bits per heavy atom. The van der Waals surface area contributed by atoms with Gasteiger partial charge in [-0.2, -0.15) is 5.10 Å². The summed E-state index contributed by atoms with van der Waals surface area (Å²) >= 11 is 3.34. The van der Waals surface area contributed by atoms with Crippen molar-refractivity contribution >= 4 is 44.2 Å². The molecule has 0 spiro atoms. The van der Waals surface area contributed by atoms with Gasteiger partial charge in [0.25, 0.3) is 0 Å².